The van der Waals surface area contributed by atoms with Gasteiger partial charge in [0, 0.05) is 78.0 Å². The predicted molar refractivity (Wildman–Crippen MR) is 339 cm³/mol. The first kappa shape index (κ1) is 73.1. The number of rotatable bonds is 37. The summed E-state index contributed by atoms with van der Waals surface area (Å²) in [6.07, 6.45) is 4.06. The van der Waals surface area contributed by atoms with Crippen molar-refractivity contribution < 1.29 is 67.3 Å². The van der Waals surface area contributed by atoms with Gasteiger partial charge in [0.1, 0.15) is 19.0 Å². The number of imide groups is 1. The standard InChI is InChI=1S/C67H96N8O15/c1-13-44(6)62(56(87-11)38-60(80)73-35-21-24-53(73)64(88-12)45(7)65(82)69-46(8)63(81)49-22-17-16-18-23-49)71(9)66(83)51(42(2)3)37-54(76)61(43(4)5)72(10)67(84)90-41-48-27-30-55(89-40-47-25-28-50(29-26-47)75(85)86)52(36-48)70-57(77)39-68-33-19-14-15-20-34-74-58(78)31-32-59(74)79/h16-18,22-23,25-32,36,42-46,51,53,56,61-64,68,81H,13-15,19-21,24,33-35,37-41H2,1-12H3,(H,69,82)(H,70,77)/t44-,45+,46+,51-,53-,56+,61-,62-,63+,64+/m0/s1. The van der Waals surface area contributed by atoms with Gasteiger partial charge in [0.25, 0.3) is 17.5 Å². The van der Waals surface area contributed by atoms with Crippen LogP contribution in [0.15, 0.2) is 84.9 Å². The van der Waals surface area contributed by atoms with Crippen molar-refractivity contribution in [3.8, 4) is 5.75 Å². The average Bonchev–Trinajstić information content (AvgIpc) is 1.66. The van der Waals surface area contributed by atoms with E-state index in [1.54, 1.807) is 87.0 Å². The molecule has 1 fully saturated rings. The van der Waals surface area contributed by atoms with Crippen LogP contribution in [-0.2, 0) is 61.0 Å². The van der Waals surface area contributed by atoms with Crippen molar-refractivity contribution in [2.75, 3.05) is 59.8 Å². The van der Waals surface area contributed by atoms with Crippen LogP contribution in [0.5, 0.6) is 5.75 Å². The summed E-state index contributed by atoms with van der Waals surface area (Å²) in [6, 6.07) is 17.2. The molecule has 0 spiro atoms. The highest BCUT2D eigenvalue weighted by atomic mass is 16.6. The lowest BCUT2D eigenvalue weighted by atomic mass is 9.83. The molecule has 0 aromatic heterocycles. The SMILES string of the molecule is CC[C@H](C)[C@@H]([C@@H](CC(=O)N1CCC[C@H]1[C@H](OC)[C@@H](C)C(=O)N[C@H](C)[C@@H](O)c1ccccc1)OC)N(C)C(=O)[C@@H](CC(=O)[C@H](C(C)C)N(C)C(=O)OCc1ccc(OCc2ccc([N+](=O)[O-])cc2)c(NC(=O)CNCCCCCCN2C(=O)C=CC2=O)c1)C(C)C. The zero-order valence-corrected chi connectivity index (χ0v) is 54.5. The normalized spacial score (nSPS) is 17.0. The van der Waals surface area contributed by atoms with Gasteiger partial charge < -0.3 is 54.7 Å². The molecule has 23 nitrogen and oxygen atoms in total. The third-order valence-electron chi connectivity index (χ3n) is 17.3. The smallest absolute Gasteiger partial charge is 0.410 e. The second-order valence-electron chi connectivity index (χ2n) is 24.5. The highest BCUT2D eigenvalue weighted by Gasteiger charge is 2.44. The number of ketones is 1. The van der Waals surface area contributed by atoms with Gasteiger partial charge in [-0.15, -0.1) is 0 Å². The number of nitrogens with zero attached hydrogens (tertiary/aromatic N) is 5. The summed E-state index contributed by atoms with van der Waals surface area (Å²) >= 11 is 0. The van der Waals surface area contributed by atoms with Crippen molar-refractivity contribution in [2.45, 2.75) is 169 Å². The van der Waals surface area contributed by atoms with Crippen molar-refractivity contribution in [3.63, 3.8) is 0 Å². The van der Waals surface area contributed by atoms with Crippen molar-refractivity contribution in [1.29, 1.82) is 0 Å². The van der Waals surface area contributed by atoms with Gasteiger partial charge >= 0.3 is 6.09 Å². The molecule has 3 aromatic carbocycles. The van der Waals surface area contributed by atoms with Crippen LogP contribution in [0.2, 0.25) is 0 Å². The number of methoxy groups -OCH3 is 2. The van der Waals surface area contributed by atoms with Gasteiger partial charge in [0.05, 0.1) is 72.0 Å². The summed E-state index contributed by atoms with van der Waals surface area (Å²) in [5.41, 5.74) is 1.97. The quantitative estimate of drug-likeness (QED) is 0.0183. The molecule has 5 rings (SSSR count). The summed E-state index contributed by atoms with van der Waals surface area (Å²) in [5.74, 6) is -4.27. The molecular formula is C67H96N8O15. The Balaban J connectivity index is 1.22. The van der Waals surface area contributed by atoms with Crippen LogP contribution in [0.1, 0.15) is 136 Å². The highest BCUT2D eigenvalue weighted by Crippen LogP contribution is 2.33. The minimum absolute atomic E-state index is 0.0103. The van der Waals surface area contributed by atoms with Crippen molar-refractivity contribution in [3.05, 3.63) is 112 Å². The molecule has 0 bridgehead atoms. The van der Waals surface area contributed by atoms with Crippen LogP contribution in [0, 0.1) is 39.7 Å². The van der Waals surface area contributed by atoms with Gasteiger partial charge in [-0.25, -0.2) is 4.79 Å². The molecule has 2 aliphatic heterocycles. The maximum absolute atomic E-state index is 14.9. The molecule has 7 amide bonds. The van der Waals surface area contributed by atoms with E-state index in [0.717, 1.165) is 19.3 Å². The number of Topliss-reactive ketones (excluding diaryl/α,β-unsaturated/α-hetero) is 1. The Bertz CT molecular complexity index is 2910. The molecule has 0 aliphatic carbocycles. The first-order valence-corrected chi connectivity index (χ1v) is 31.4. The lowest BCUT2D eigenvalue weighted by molar-refractivity contribution is -0.384. The summed E-state index contributed by atoms with van der Waals surface area (Å²) in [6.45, 7) is 15.8. The Labute approximate surface area is 530 Å². The number of likely N-dealkylation sites (N-methyl/N-ethyl adjacent to an activating group) is 2. The maximum Gasteiger partial charge on any atom is 0.410 e. The van der Waals surface area contributed by atoms with Crippen LogP contribution >= 0.6 is 0 Å². The molecule has 0 unspecified atom stereocenters. The molecule has 4 N–H and O–H groups in total. The molecule has 494 valence electrons. The zero-order valence-electron chi connectivity index (χ0n) is 54.5. The number of hydrogen-bond donors (Lipinski definition) is 4. The van der Waals surface area contributed by atoms with E-state index in [9.17, 15) is 53.6 Å². The number of nitro benzene ring substituents is 1. The number of aliphatic hydroxyl groups is 1. The fourth-order valence-corrected chi connectivity index (χ4v) is 12.0. The minimum Gasteiger partial charge on any atom is -0.487 e. The number of non-ortho nitro benzene ring substituents is 1. The molecule has 90 heavy (non-hydrogen) atoms. The Hall–Kier alpha value is -7.60. The average molecular weight is 1250 g/mol. The van der Waals surface area contributed by atoms with E-state index in [1.807, 2.05) is 45.9 Å². The fraction of sp³-hybridized carbons (Fsp3) is 0.582. The fourth-order valence-electron chi connectivity index (χ4n) is 12.0. The van der Waals surface area contributed by atoms with E-state index >= 15 is 0 Å². The summed E-state index contributed by atoms with van der Waals surface area (Å²) in [7, 11) is 6.19. The Morgan fingerprint density at radius 2 is 1.46 bits per heavy atom. The molecule has 2 aliphatic rings. The van der Waals surface area contributed by atoms with Gasteiger partial charge in [0.15, 0.2) is 5.78 Å². The summed E-state index contributed by atoms with van der Waals surface area (Å²) in [4.78, 5) is 125. The van der Waals surface area contributed by atoms with Crippen LogP contribution in [-0.4, -0.2) is 168 Å². The highest BCUT2D eigenvalue weighted by molar-refractivity contribution is 6.12. The molecule has 1 saturated heterocycles. The van der Waals surface area contributed by atoms with Crippen LogP contribution in [0.4, 0.5) is 16.2 Å². The molecule has 10 atom stereocenters. The third kappa shape index (κ3) is 20.5. The molecule has 0 radical (unpaired) electrons. The Morgan fingerprint density at radius 1 is 0.800 bits per heavy atom. The molecule has 0 saturated carbocycles. The van der Waals surface area contributed by atoms with E-state index in [1.165, 1.54) is 55.4 Å². The molecule has 3 aromatic rings. The lowest BCUT2D eigenvalue weighted by Gasteiger charge is -2.41. The second-order valence-corrected chi connectivity index (χ2v) is 24.5. The summed E-state index contributed by atoms with van der Waals surface area (Å²) in [5, 5.41) is 31.2. The Kier molecular flexibility index (Phi) is 29.0. The summed E-state index contributed by atoms with van der Waals surface area (Å²) < 4.78 is 24.0. The number of carbonyl (C=O) groups excluding carboxylic acids is 8. The predicted octanol–water partition coefficient (Wildman–Crippen LogP) is 8.17. The van der Waals surface area contributed by atoms with E-state index in [4.69, 9.17) is 18.9 Å². The topological polar surface area (TPSA) is 286 Å². The van der Waals surface area contributed by atoms with Crippen LogP contribution < -0.4 is 20.7 Å². The Morgan fingerprint density at radius 3 is 2.07 bits per heavy atom. The van der Waals surface area contributed by atoms with Crippen molar-refractivity contribution in [1.82, 2.24) is 30.2 Å². The number of amides is 7. The van der Waals surface area contributed by atoms with Gasteiger partial charge in [-0.05, 0) is 97.9 Å². The number of unbranched alkanes of at least 4 members (excludes halogenated alkanes) is 3. The van der Waals surface area contributed by atoms with Crippen LogP contribution in [0.3, 0.4) is 0 Å². The first-order chi connectivity index (χ1) is 42.8. The number of aliphatic hydroxyl groups excluding tert-OH is 1. The van der Waals surface area contributed by atoms with Crippen molar-refractivity contribution >= 4 is 58.7 Å². The van der Waals surface area contributed by atoms with Crippen molar-refractivity contribution in [2.24, 2.45) is 29.6 Å². The van der Waals surface area contributed by atoms with Gasteiger partial charge in [-0.2, -0.15) is 0 Å². The van der Waals surface area contributed by atoms with E-state index in [-0.39, 0.29) is 103 Å². The number of benzene rings is 3. The number of likely N-dealkylation sites (tertiary alicyclic amines) is 1. The number of carbonyl (C=O) groups is 8. The second kappa shape index (κ2) is 35.7. The number of nitro groups is 1. The number of ether oxygens (including phenoxy) is 4. The zero-order chi connectivity index (χ0) is 66.4. The molecular weight excluding hydrogens is 1160 g/mol. The van der Waals surface area contributed by atoms with Gasteiger partial charge in [0.2, 0.25) is 23.6 Å². The number of nitrogens with one attached hydrogen (secondary N) is 3. The minimum atomic E-state index is -0.990. The van der Waals surface area contributed by atoms with Gasteiger partial charge in [-0.1, -0.05) is 104 Å². The van der Waals surface area contributed by atoms with E-state index in [0.29, 0.717) is 62.0 Å². The first-order valence-electron chi connectivity index (χ1n) is 31.4. The lowest BCUT2D eigenvalue weighted by Crippen LogP contribution is -2.55. The molecule has 23 heteroatoms. The maximum atomic E-state index is 14.9. The number of hydrogen-bond acceptors (Lipinski definition) is 16. The van der Waals surface area contributed by atoms with E-state index < -0.39 is 71.2 Å². The van der Waals surface area contributed by atoms with Gasteiger partial charge in [-0.3, -0.25) is 48.6 Å². The number of anilines is 1. The van der Waals surface area contributed by atoms with E-state index in [2.05, 4.69) is 16.0 Å². The molecule has 2 heterocycles. The van der Waals surface area contributed by atoms with Crippen LogP contribution in [0.25, 0.3) is 0 Å². The largest absolute Gasteiger partial charge is 0.487 e. The third-order valence-corrected chi connectivity index (χ3v) is 17.3. The monoisotopic (exact) mass is 1250 g/mol.